The third-order valence-corrected chi connectivity index (χ3v) is 6.43. The molecule has 0 aliphatic carbocycles. The van der Waals surface area contributed by atoms with E-state index in [1.807, 2.05) is 18.2 Å². The van der Waals surface area contributed by atoms with Crippen LogP contribution in [0.1, 0.15) is 27.9 Å². The summed E-state index contributed by atoms with van der Waals surface area (Å²) in [5, 5.41) is 0.796. The SMILES string of the molecule is CCOC(=O)c1sc2nc3c(c(-c4ccc(OC)c(OC)c4)c2c1N)CN(C)CC3. The van der Waals surface area contributed by atoms with Crippen LogP contribution in [0.4, 0.5) is 5.69 Å². The van der Waals surface area contributed by atoms with Gasteiger partial charge in [-0.15, -0.1) is 11.3 Å². The Labute approximate surface area is 179 Å². The number of hydrogen-bond acceptors (Lipinski definition) is 8. The fraction of sp³-hybridized carbons (Fsp3) is 0.364. The number of carbonyl (C=O) groups excluding carboxylic acids is 1. The van der Waals surface area contributed by atoms with Gasteiger partial charge in [-0.05, 0) is 37.2 Å². The van der Waals surface area contributed by atoms with Gasteiger partial charge in [0.1, 0.15) is 9.71 Å². The summed E-state index contributed by atoms with van der Waals surface area (Å²) in [4.78, 5) is 20.8. The molecular formula is C22H25N3O4S. The number of anilines is 1. The molecule has 0 radical (unpaired) electrons. The van der Waals surface area contributed by atoms with Crippen LogP contribution in [-0.2, 0) is 17.7 Å². The molecule has 0 amide bonds. The number of nitrogens with zero attached hydrogens (tertiary/aromatic N) is 2. The number of ether oxygens (including phenoxy) is 3. The van der Waals surface area contributed by atoms with Gasteiger partial charge in [-0.25, -0.2) is 9.78 Å². The topological polar surface area (TPSA) is 86.9 Å². The van der Waals surface area contributed by atoms with E-state index in [4.69, 9.17) is 24.9 Å². The lowest BCUT2D eigenvalue weighted by atomic mass is 9.92. The Morgan fingerprint density at radius 1 is 1.27 bits per heavy atom. The van der Waals surface area contributed by atoms with Gasteiger partial charge in [0.2, 0.25) is 0 Å². The predicted octanol–water partition coefficient (Wildman–Crippen LogP) is 3.73. The number of hydrogen-bond donors (Lipinski definition) is 1. The predicted molar refractivity (Wildman–Crippen MR) is 119 cm³/mol. The lowest BCUT2D eigenvalue weighted by Crippen LogP contribution is -2.27. The molecule has 1 aliphatic heterocycles. The van der Waals surface area contributed by atoms with Crippen molar-refractivity contribution in [3.8, 4) is 22.6 Å². The molecule has 0 unspecified atom stereocenters. The second-order valence-electron chi connectivity index (χ2n) is 7.22. The second kappa shape index (κ2) is 8.12. The molecule has 0 atom stereocenters. The van der Waals surface area contributed by atoms with Crippen LogP contribution in [0.15, 0.2) is 18.2 Å². The maximum atomic E-state index is 12.5. The van der Waals surface area contributed by atoms with E-state index in [9.17, 15) is 4.79 Å². The number of esters is 1. The van der Waals surface area contributed by atoms with Gasteiger partial charge in [-0.1, -0.05) is 6.07 Å². The van der Waals surface area contributed by atoms with Crippen LogP contribution in [-0.4, -0.2) is 50.3 Å². The first-order valence-electron chi connectivity index (χ1n) is 9.80. The van der Waals surface area contributed by atoms with Crippen LogP contribution in [0.5, 0.6) is 11.5 Å². The molecule has 0 fully saturated rings. The van der Waals surface area contributed by atoms with Gasteiger partial charge in [0.15, 0.2) is 11.5 Å². The molecule has 158 valence electrons. The highest BCUT2D eigenvalue weighted by Gasteiger charge is 2.27. The third kappa shape index (κ3) is 3.36. The summed E-state index contributed by atoms with van der Waals surface area (Å²) < 4.78 is 16.1. The Balaban J connectivity index is 2.03. The highest BCUT2D eigenvalue weighted by molar-refractivity contribution is 7.21. The maximum absolute atomic E-state index is 12.5. The van der Waals surface area contributed by atoms with Gasteiger partial charge >= 0.3 is 5.97 Å². The van der Waals surface area contributed by atoms with Gasteiger partial charge < -0.3 is 24.8 Å². The van der Waals surface area contributed by atoms with Crippen LogP contribution in [0.25, 0.3) is 21.3 Å². The molecule has 2 N–H and O–H groups in total. The minimum absolute atomic E-state index is 0.295. The summed E-state index contributed by atoms with van der Waals surface area (Å²) in [6.45, 7) is 3.77. The largest absolute Gasteiger partial charge is 0.493 e. The Morgan fingerprint density at radius 2 is 2.03 bits per heavy atom. The number of likely N-dealkylation sites (N-methyl/N-ethyl adjacent to an activating group) is 1. The molecule has 0 saturated heterocycles. The van der Waals surface area contributed by atoms with Gasteiger partial charge in [0, 0.05) is 36.2 Å². The molecular weight excluding hydrogens is 402 g/mol. The quantitative estimate of drug-likeness (QED) is 0.621. The van der Waals surface area contributed by atoms with E-state index in [1.54, 1.807) is 21.1 Å². The van der Waals surface area contributed by atoms with Crippen molar-refractivity contribution in [2.75, 3.05) is 40.2 Å². The Morgan fingerprint density at radius 3 is 2.73 bits per heavy atom. The normalized spacial score (nSPS) is 13.9. The van der Waals surface area contributed by atoms with E-state index >= 15 is 0 Å². The number of rotatable bonds is 5. The van der Waals surface area contributed by atoms with Crippen molar-refractivity contribution >= 4 is 33.2 Å². The molecule has 3 heterocycles. The van der Waals surface area contributed by atoms with Crippen molar-refractivity contribution in [1.29, 1.82) is 0 Å². The zero-order valence-electron chi connectivity index (χ0n) is 17.6. The lowest BCUT2D eigenvalue weighted by molar-refractivity contribution is 0.0533. The lowest BCUT2D eigenvalue weighted by Gasteiger charge is -2.27. The third-order valence-electron chi connectivity index (χ3n) is 5.35. The second-order valence-corrected chi connectivity index (χ2v) is 8.21. The van der Waals surface area contributed by atoms with E-state index in [0.29, 0.717) is 28.7 Å². The number of nitrogen functional groups attached to an aromatic ring is 1. The molecule has 0 bridgehead atoms. The van der Waals surface area contributed by atoms with Gasteiger partial charge in [-0.3, -0.25) is 0 Å². The van der Waals surface area contributed by atoms with Crippen molar-refractivity contribution in [3.63, 3.8) is 0 Å². The first-order valence-corrected chi connectivity index (χ1v) is 10.6. The number of methoxy groups -OCH3 is 2. The average Bonchev–Trinajstić information content (AvgIpc) is 3.08. The zero-order chi connectivity index (χ0) is 21.4. The number of pyridine rings is 1. The van der Waals surface area contributed by atoms with E-state index in [-0.39, 0.29) is 0 Å². The summed E-state index contributed by atoms with van der Waals surface area (Å²) in [6.07, 6.45) is 0.842. The zero-order valence-corrected chi connectivity index (χ0v) is 18.4. The van der Waals surface area contributed by atoms with Crippen LogP contribution in [0.3, 0.4) is 0 Å². The van der Waals surface area contributed by atoms with Crippen LogP contribution >= 0.6 is 11.3 Å². The highest BCUT2D eigenvalue weighted by Crippen LogP contribution is 2.45. The molecule has 4 rings (SSSR count). The fourth-order valence-electron chi connectivity index (χ4n) is 3.92. The van der Waals surface area contributed by atoms with Crippen molar-refractivity contribution < 1.29 is 19.0 Å². The molecule has 0 saturated carbocycles. The van der Waals surface area contributed by atoms with E-state index in [0.717, 1.165) is 52.1 Å². The summed E-state index contributed by atoms with van der Waals surface area (Å²) in [7, 11) is 5.32. The van der Waals surface area contributed by atoms with Gasteiger partial charge in [0.05, 0.1) is 26.5 Å². The van der Waals surface area contributed by atoms with Crippen LogP contribution < -0.4 is 15.2 Å². The highest BCUT2D eigenvalue weighted by atomic mass is 32.1. The Kier molecular flexibility index (Phi) is 5.53. The Bertz CT molecular complexity index is 1130. The standard InChI is InChI=1S/C22H25N3O4S/c1-5-29-22(26)20-19(23)18-17(12-6-7-15(27-3)16(10-12)28-4)13-11-25(2)9-8-14(13)24-21(18)30-20/h6-7,10H,5,8-9,11,23H2,1-4H3. The molecule has 1 aliphatic rings. The number of aromatic nitrogens is 1. The van der Waals surface area contributed by atoms with Crippen molar-refractivity contribution in [2.24, 2.45) is 0 Å². The number of thiophene rings is 1. The van der Waals surface area contributed by atoms with E-state index < -0.39 is 5.97 Å². The number of fused-ring (bicyclic) bond motifs is 2. The molecule has 0 spiro atoms. The number of nitrogens with two attached hydrogens (primary N) is 1. The van der Waals surface area contributed by atoms with Crippen molar-refractivity contribution in [1.82, 2.24) is 9.88 Å². The molecule has 30 heavy (non-hydrogen) atoms. The summed E-state index contributed by atoms with van der Waals surface area (Å²) >= 11 is 1.29. The fourth-order valence-corrected chi connectivity index (χ4v) is 4.94. The van der Waals surface area contributed by atoms with E-state index in [2.05, 4.69) is 11.9 Å². The van der Waals surface area contributed by atoms with Gasteiger partial charge in [-0.2, -0.15) is 0 Å². The summed E-state index contributed by atoms with van der Waals surface area (Å²) in [5.74, 6) is 0.881. The van der Waals surface area contributed by atoms with Crippen LogP contribution in [0, 0.1) is 0 Å². The molecule has 8 heteroatoms. The van der Waals surface area contributed by atoms with E-state index in [1.165, 1.54) is 11.3 Å². The monoisotopic (exact) mass is 427 g/mol. The smallest absolute Gasteiger partial charge is 0.350 e. The minimum Gasteiger partial charge on any atom is -0.493 e. The first kappa shape index (κ1) is 20.4. The molecule has 2 aromatic heterocycles. The van der Waals surface area contributed by atoms with Crippen molar-refractivity contribution in [2.45, 2.75) is 19.9 Å². The summed E-state index contributed by atoms with van der Waals surface area (Å²) in [5.41, 5.74) is 11.0. The molecule has 3 aromatic rings. The minimum atomic E-state index is -0.411. The van der Waals surface area contributed by atoms with Crippen molar-refractivity contribution in [3.05, 3.63) is 34.3 Å². The van der Waals surface area contributed by atoms with Crippen LogP contribution in [0.2, 0.25) is 0 Å². The molecule has 7 nitrogen and oxygen atoms in total. The number of carbonyl (C=O) groups is 1. The Hall–Kier alpha value is -2.84. The van der Waals surface area contributed by atoms with Gasteiger partial charge in [0.25, 0.3) is 0 Å². The average molecular weight is 428 g/mol. The maximum Gasteiger partial charge on any atom is 0.350 e. The first-order chi connectivity index (χ1) is 14.5. The number of benzene rings is 1. The summed E-state index contributed by atoms with van der Waals surface area (Å²) in [6, 6.07) is 5.82. The molecule has 1 aromatic carbocycles.